The third-order valence-corrected chi connectivity index (χ3v) is 5.94. The van der Waals surface area contributed by atoms with Crippen LogP contribution in [-0.4, -0.2) is 86.7 Å². The van der Waals surface area contributed by atoms with E-state index in [2.05, 4.69) is 25.9 Å². The topological polar surface area (TPSA) is 200 Å². The van der Waals surface area contributed by atoms with E-state index in [1.807, 2.05) is 12.3 Å². The maximum absolute atomic E-state index is 13.3. The third-order valence-electron chi connectivity index (χ3n) is 5.29. The number of carbonyl (C=O) groups excluding carboxylic acids is 3. The molecule has 0 spiro atoms. The average Bonchev–Trinajstić information content (AvgIpc) is 3.38. The van der Waals surface area contributed by atoms with Crippen molar-refractivity contribution in [2.24, 2.45) is 5.73 Å². The zero-order valence-electron chi connectivity index (χ0n) is 19.8. The van der Waals surface area contributed by atoms with Crippen molar-refractivity contribution in [2.75, 3.05) is 18.6 Å². The standard InChI is InChI=1S/C23H32N6O6S/c1-36-8-7-16(24)20(31)27-17(9-14-5-3-2-4-6-14)21(32)28-18(10-15-11-25-13-26-15)22(33)29-19(12-30)23(34)35/h2-6,11,13,16-19,30H,7-10,12,24H2,1H3,(H,25,26)(H,27,31)(H,28,32)(H,29,33)(H,34,35). The van der Waals surface area contributed by atoms with Gasteiger partial charge in [0.2, 0.25) is 17.7 Å². The molecule has 1 aromatic heterocycles. The summed E-state index contributed by atoms with van der Waals surface area (Å²) in [4.78, 5) is 56.8. The van der Waals surface area contributed by atoms with E-state index in [-0.39, 0.29) is 12.8 Å². The molecule has 1 aromatic carbocycles. The summed E-state index contributed by atoms with van der Waals surface area (Å²) in [6.07, 6.45) is 5.28. The van der Waals surface area contributed by atoms with Gasteiger partial charge in [-0.25, -0.2) is 9.78 Å². The van der Waals surface area contributed by atoms with E-state index in [0.29, 0.717) is 17.9 Å². The van der Waals surface area contributed by atoms with Gasteiger partial charge < -0.3 is 36.9 Å². The Bertz CT molecular complexity index is 990. The molecule has 8 N–H and O–H groups in total. The maximum atomic E-state index is 13.3. The van der Waals surface area contributed by atoms with Gasteiger partial charge in [0.25, 0.3) is 0 Å². The fourth-order valence-corrected chi connectivity index (χ4v) is 3.76. The van der Waals surface area contributed by atoms with Crippen LogP contribution in [0.2, 0.25) is 0 Å². The van der Waals surface area contributed by atoms with Crippen molar-refractivity contribution in [1.82, 2.24) is 25.9 Å². The average molecular weight is 521 g/mol. The summed E-state index contributed by atoms with van der Waals surface area (Å²) in [6.45, 7) is -0.827. The molecule has 12 nitrogen and oxygen atoms in total. The van der Waals surface area contributed by atoms with Gasteiger partial charge in [0.15, 0.2) is 0 Å². The van der Waals surface area contributed by atoms with Gasteiger partial charge in [-0.3, -0.25) is 14.4 Å². The number of thioether (sulfide) groups is 1. The summed E-state index contributed by atoms with van der Waals surface area (Å²) in [6, 6.07) is 4.39. The van der Waals surface area contributed by atoms with E-state index in [0.717, 1.165) is 5.56 Å². The molecular formula is C23H32N6O6S. The quantitative estimate of drug-likeness (QED) is 0.151. The van der Waals surface area contributed by atoms with Gasteiger partial charge in [-0.2, -0.15) is 11.8 Å². The lowest BCUT2D eigenvalue weighted by Crippen LogP contribution is -2.58. The fourth-order valence-electron chi connectivity index (χ4n) is 3.27. The second-order valence-electron chi connectivity index (χ2n) is 8.06. The van der Waals surface area contributed by atoms with Crippen molar-refractivity contribution in [3.05, 3.63) is 54.1 Å². The van der Waals surface area contributed by atoms with Crippen LogP contribution in [0.1, 0.15) is 17.7 Å². The molecule has 4 atom stereocenters. The van der Waals surface area contributed by atoms with Crippen LogP contribution in [0.3, 0.4) is 0 Å². The number of carboxylic acid groups (broad SMARTS) is 1. The number of aromatic nitrogens is 2. The third kappa shape index (κ3) is 9.32. The summed E-state index contributed by atoms with van der Waals surface area (Å²) < 4.78 is 0. The highest BCUT2D eigenvalue weighted by Crippen LogP contribution is 2.07. The number of carbonyl (C=O) groups is 4. The van der Waals surface area contributed by atoms with Crippen LogP contribution >= 0.6 is 11.8 Å². The maximum Gasteiger partial charge on any atom is 0.328 e. The van der Waals surface area contributed by atoms with Crippen molar-refractivity contribution in [2.45, 2.75) is 43.4 Å². The first-order valence-electron chi connectivity index (χ1n) is 11.3. The molecular weight excluding hydrogens is 488 g/mol. The van der Waals surface area contributed by atoms with Crippen LogP contribution in [0, 0.1) is 0 Å². The minimum Gasteiger partial charge on any atom is -0.480 e. The molecule has 0 saturated heterocycles. The van der Waals surface area contributed by atoms with Gasteiger partial charge >= 0.3 is 5.97 Å². The number of nitrogens with two attached hydrogens (primary N) is 1. The molecule has 0 fully saturated rings. The van der Waals surface area contributed by atoms with E-state index >= 15 is 0 Å². The normalized spacial score (nSPS) is 14.2. The van der Waals surface area contributed by atoms with Gasteiger partial charge in [-0.1, -0.05) is 30.3 Å². The summed E-state index contributed by atoms with van der Waals surface area (Å²) >= 11 is 1.55. The molecule has 0 radical (unpaired) electrons. The number of nitrogens with zero attached hydrogens (tertiary/aromatic N) is 1. The molecule has 2 aromatic rings. The monoisotopic (exact) mass is 520 g/mol. The number of aromatic amines is 1. The predicted octanol–water partition coefficient (Wildman–Crippen LogP) is -1.19. The first kappa shape index (κ1) is 28.8. The zero-order valence-corrected chi connectivity index (χ0v) is 20.7. The molecule has 0 saturated carbocycles. The minimum absolute atomic E-state index is 0.0332. The molecule has 1 heterocycles. The molecule has 13 heteroatoms. The Morgan fingerprint density at radius 2 is 1.61 bits per heavy atom. The number of aliphatic carboxylic acids is 1. The number of carboxylic acids is 1. The molecule has 36 heavy (non-hydrogen) atoms. The molecule has 3 amide bonds. The second kappa shape index (κ2) is 14.9. The number of imidazole rings is 1. The summed E-state index contributed by atoms with van der Waals surface area (Å²) in [5.74, 6) is -2.72. The molecule has 0 bridgehead atoms. The van der Waals surface area contributed by atoms with Crippen molar-refractivity contribution < 1.29 is 29.4 Å². The Labute approximate surface area is 212 Å². The van der Waals surface area contributed by atoms with E-state index in [4.69, 9.17) is 10.8 Å². The van der Waals surface area contributed by atoms with Crippen LogP contribution in [0.15, 0.2) is 42.9 Å². The van der Waals surface area contributed by atoms with E-state index in [9.17, 15) is 24.3 Å². The molecule has 196 valence electrons. The number of benzene rings is 1. The van der Waals surface area contributed by atoms with Gasteiger partial charge in [0.05, 0.1) is 19.0 Å². The number of hydrogen-bond donors (Lipinski definition) is 7. The Morgan fingerprint density at radius 1 is 1.00 bits per heavy atom. The largest absolute Gasteiger partial charge is 0.480 e. The fraction of sp³-hybridized carbons (Fsp3) is 0.435. The second-order valence-corrected chi connectivity index (χ2v) is 9.05. The van der Waals surface area contributed by atoms with Crippen LogP contribution in [0.25, 0.3) is 0 Å². The van der Waals surface area contributed by atoms with Crippen LogP contribution in [0.5, 0.6) is 0 Å². The van der Waals surface area contributed by atoms with Crippen molar-refractivity contribution >= 4 is 35.5 Å². The number of rotatable bonds is 15. The summed E-state index contributed by atoms with van der Waals surface area (Å²) in [5.41, 5.74) is 7.25. The highest BCUT2D eigenvalue weighted by molar-refractivity contribution is 7.98. The number of aliphatic hydroxyl groups excluding tert-OH is 1. The summed E-state index contributed by atoms with van der Waals surface area (Å²) in [7, 11) is 0. The van der Waals surface area contributed by atoms with Gasteiger partial charge in [0, 0.05) is 24.7 Å². The molecule has 2 rings (SSSR count). The van der Waals surface area contributed by atoms with Gasteiger partial charge in [-0.15, -0.1) is 0 Å². The summed E-state index contributed by atoms with van der Waals surface area (Å²) in [5, 5.41) is 25.9. The smallest absolute Gasteiger partial charge is 0.328 e. The Balaban J connectivity index is 2.23. The molecule has 0 aliphatic carbocycles. The number of nitrogens with one attached hydrogen (secondary N) is 4. The van der Waals surface area contributed by atoms with Crippen LogP contribution < -0.4 is 21.7 Å². The SMILES string of the molecule is CSCCC(N)C(=O)NC(Cc1ccccc1)C(=O)NC(Cc1cnc[nH]1)C(=O)NC(CO)C(=O)O. The lowest BCUT2D eigenvalue weighted by atomic mass is 10.0. The van der Waals surface area contributed by atoms with Crippen molar-refractivity contribution in [3.63, 3.8) is 0 Å². The lowest BCUT2D eigenvalue weighted by molar-refractivity contribution is -0.143. The van der Waals surface area contributed by atoms with E-state index in [1.54, 1.807) is 36.0 Å². The molecule has 4 unspecified atom stereocenters. The van der Waals surface area contributed by atoms with Crippen LogP contribution in [-0.2, 0) is 32.0 Å². The van der Waals surface area contributed by atoms with Crippen molar-refractivity contribution in [3.8, 4) is 0 Å². The van der Waals surface area contributed by atoms with E-state index < -0.39 is 54.5 Å². The lowest BCUT2D eigenvalue weighted by Gasteiger charge is -2.25. The zero-order chi connectivity index (χ0) is 26.5. The number of H-pyrrole nitrogens is 1. The Kier molecular flexibility index (Phi) is 11.9. The Hall–Kier alpha value is -3.42. The molecule has 0 aliphatic rings. The minimum atomic E-state index is -1.55. The molecule has 0 aliphatic heterocycles. The van der Waals surface area contributed by atoms with Crippen molar-refractivity contribution in [1.29, 1.82) is 0 Å². The van der Waals surface area contributed by atoms with Crippen LogP contribution in [0.4, 0.5) is 0 Å². The van der Waals surface area contributed by atoms with Gasteiger partial charge in [0.1, 0.15) is 18.1 Å². The first-order valence-corrected chi connectivity index (χ1v) is 12.6. The number of amides is 3. The Morgan fingerprint density at radius 3 is 2.17 bits per heavy atom. The number of aliphatic hydroxyl groups is 1. The highest BCUT2D eigenvalue weighted by atomic mass is 32.2. The van der Waals surface area contributed by atoms with Gasteiger partial charge in [-0.05, 0) is 24.0 Å². The predicted molar refractivity (Wildman–Crippen MR) is 134 cm³/mol. The highest BCUT2D eigenvalue weighted by Gasteiger charge is 2.30. The van der Waals surface area contributed by atoms with E-state index in [1.165, 1.54) is 12.5 Å². The first-order chi connectivity index (χ1) is 17.2. The number of hydrogen-bond acceptors (Lipinski definition) is 8.